The number of nitrogens with zero attached hydrogens (tertiary/aromatic N) is 2. The number of carbonyl (C=O) groups excluding carboxylic acids is 2. The van der Waals surface area contributed by atoms with Crippen molar-refractivity contribution in [2.45, 2.75) is 38.3 Å². The number of thioether (sulfide) groups is 1. The van der Waals surface area contributed by atoms with Crippen LogP contribution in [-0.4, -0.2) is 41.6 Å². The van der Waals surface area contributed by atoms with E-state index in [-0.39, 0.29) is 12.5 Å². The lowest BCUT2D eigenvalue weighted by Gasteiger charge is -2.20. The minimum absolute atomic E-state index is 0.236. The first kappa shape index (κ1) is 21.8. The largest absolute Gasteiger partial charge is 0.452 e. The van der Waals surface area contributed by atoms with Crippen LogP contribution in [0, 0.1) is 13.8 Å². The number of esters is 1. The normalized spacial score (nSPS) is 10.6. The summed E-state index contributed by atoms with van der Waals surface area (Å²) in [5.74, 6) is 0.654. The molecule has 0 N–H and O–H groups in total. The molecule has 0 radical (unpaired) electrons. The molecule has 1 aromatic carbocycles. The lowest BCUT2D eigenvalue weighted by atomic mass is 10.2. The van der Waals surface area contributed by atoms with E-state index < -0.39 is 5.97 Å². The van der Waals surface area contributed by atoms with Crippen molar-refractivity contribution in [3.05, 3.63) is 59.0 Å². The molecule has 0 saturated heterocycles. The van der Waals surface area contributed by atoms with E-state index in [1.807, 2.05) is 39.8 Å². The molecule has 6 nitrogen and oxygen atoms in total. The molecule has 1 amide bonds. The summed E-state index contributed by atoms with van der Waals surface area (Å²) in [6.45, 7) is 12.0. The maximum absolute atomic E-state index is 12.5. The van der Waals surface area contributed by atoms with Gasteiger partial charge in [-0.25, -0.2) is 4.79 Å². The van der Waals surface area contributed by atoms with E-state index in [1.165, 1.54) is 11.8 Å². The highest BCUT2D eigenvalue weighted by Gasteiger charge is 2.18. The Bertz CT molecular complexity index is 840. The van der Waals surface area contributed by atoms with Crippen LogP contribution in [0.2, 0.25) is 0 Å². The number of aryl methyl sites for hydroxylation is 2. The van der Waals surface area contributed by atoms with E-state index in [9.17, 15) is 9.59 Å². The Morgan fingerprint density at radius 3 is 2.61 bits per heavy atom. The van der Waals surface area contributed by atoms with E-state index in [2.05, 4.69) is 11.7 Å². The number of hydrogen-bond donors (Lipinski definition) is 0. The van der Waals surface area contributed by atoms with Crippen molar-refractivity contribution in [3.63, 3.8) is 0 Å². The molecule has 28 heavy (non-hydrogen) atoms. The van der Waals surface area contributed by atoms with E-state index >= 15 is 0 Å². The molecular weight excluding hydrogens is 376 g/mol. The first-order valence-electron chi connectivity index (χ1n) is 9.06. The Hall–Kier alpha value is -2.54. The first-order valence-corrected chi connectivity index (χ1v) is 10.0. The molecule has 0 aliphatic rings. The molecule has 0 fully saturated rings. The molecule has 2 aromatic rings. The third-order valence-corrected chi connectivity index (χ3v) is 5.28. The molecule has 0 saturated carbocycles. The van der Waals surface area contributed by atoms with E-state index in [0.29, 0.717) is 24.4 Å². The fourth-order valence-corrected chi connectivity index (χ4v) is 3.81. The zero-order chi connectivity index (χ0) is 20.7. The topological polar surface area (TPSA) is 72.6 Å². The van der Waals surface area contributed by atoms with Crippen LogP contribution in [0.4, 0.5) is 0 Å². The van der Waals surface area contributed by atoms with Crippen LogP contribution in [0.5, 0.6) is 0 Å². The molecule has 1 aromatic heterocycles. The number of ether oxygens (including phenoxy) is 1. The average Bonchev–Trinajstić information content (AvgIpc) is 3.00. The second kappa shape index (κ2) is 10.1. The molecule has 0 atom stereocenters. The Morgan fingerprint density at radius 2 is 2.00 bits per heavy atom. The van der Waals surface area contributed by atoms with Gasteiger partial charge in [0.15, 0.2) is 6.61 Å². The molecule has 2 rings (SSSR count). The van der Waals surface area contributed by atoms with Crippen molar-refractivity contribution in [1.29, 1.82) is 0 Å². The third-order valence-electron chi connectivity index (χ3n) is 4.18. The number of hydrogen-bond acceptors (Lipinski definition) is 6. The van der Waals surface area contributed by atoms with Crippen LogP contribution in [0.1, 0.15) is 41.2 Å². The molecule has 0 bridgehead atoms. The second-order valence-corrected chi connectivity index (χ2v) is 7.55. The van der Waals surface area contributed by atoms with Crippen molar-refractivity contribution < 1.29 is 18.8 Å². The van der Waals surface area contributed by atoms with Gasteiger partial charge in [0, 0.05) is 29.3 Å². The van der Waals surface area contributed by atoms with Crippen LogP contribution in [-0.2, 0) is 15.3 Å². The van der Waals surface area contributed by atoms with Gasteiger partial charge in [-0.2, -0.15) is 0 Å². The molecule has 1 heterocycles. The summed E-state index contributed by atoms with van der Waals surface area (Å²) < 4.78 is 10.5. The fraction of sp³-hybridized carbons (Fsp3) is 0.381. The van der Waals surface area contributed by atoms with Crippen molar-refractivity contribution in [2.75, 3.05) is 19.7 Å². The van der Waals surface area contributed by atoms with Gasteiger partial charge in [0.1, 0.15) is 5.76 Å². The highest BCUT2D eigenvalue weighted by Crippen LogP contribution is 2.29. The Morgan fingerprint density at radius 1 is 1.29 bits per heavy atom. The molecule has 0 spiro atoms. The van der Waals surface area contributed by atoms with Gasteiger partial charge in [0.2, 0.25) is 0 Å². The average molecular weight is 403 g/mol. The van der Waals surface area contributed by atoms with Crippen molar-refractivity contribution in [2.24, 2.45) is 0 Å². The van der Waals surface area contributed by atoms with Gasteiger partial charge in [-0.3, -0.25) is 4.79 Å². The number of amides is 1. The molecule has 7 heteroatoms. The zero-order valence-corrected chi connectivity index (χ0v) is 17.6. The lowest BCUT2D eigenvalue weighted by molar-refractivity contribution is -0.133. The molecule has 0 aliphatic heterocycles. The van der Waals surface area contributed by atoms with E-state index in [0.717, 1.165) is 27.5 Å². The summed E-state index contributed by atoms with van der Waals surface area (Å²) in [6, 6.07) is 7.20. The Kier molecular flexibility index (Phi) is 7.87. The number of carbonyl (C=O) groups is 2. The SMILES string of the molecule is C=C(C)CN(CC)C(=O)COC(=O)c1ccccc1SCc1c(C)noc1C. The number of aromatic nitrogens is 1. The molecule has 0 aliphatic carbocycles. The Balaban J connectivity index is 2.02. The van der Waals surface area contributed by atoms with Gasteiger partial charge in [-0.15, -0.1) is 11.8 Å². The molecule has 0 unspecified atom stereocenters. The highest BCUT2D eigenvalue weighted by molar-refractivity contribution is 7.98. The van der Waals surface area contributed by atoms with Crippen molar-refractivity contribution in [3.8, 4) is 0 Å². The summed E-state index contributed by atoms with van der Waals surface area (Å²) >= 11 is 1.51. The second-order valence-electron chi connectivity index (χ2n) is 6.53. The monoisotopic (exact) mass is 402 g/mol. The predicted octanol–water partition coefficient (Wildman–Crippen LogP) is 4.17. The lowest BCUT2D eigenvalue weighted by Crippen LogP contribution is -2.35. The highest BCUT2D eigenvalue weighted by atomic mass is 32.2. The third kappa shape index (κ3) is 5.73. The van der Waals surface area contributed by atoms with Crippen LogP contribution in [0.15, 0.2) is 45.8 Å². The summed E-state index contributed by atoms with van der Waals surface area (Å²) in [5, 5.41) is 3.95. The fourth-order valence-electron chi connectivity index (χ4n) is 2.62. The van der Waals surface area contributed by atoms with Crippen LogP contribution in [0.25, 0.3) is 0 Å². The van der Waals surface area contributed by atoms with Crippen LogP contribution < -0.4 is 0 Å². The standard InChI is InChI=1S/C21H26N2O4S/c1-6-23(11-14(2)3)20(24)12-26-21(25)17-9-7-8-10-19(17)28-13-18-15(4)22-27-16(18)5/h7-10H,2,6,11-13H2,1,3-5H3. The first-order chi connectivity index (χ1) is 13.3. The minimum Gasteiger partial charge on any atom is -0.452 e. The quantitative estimate of drug-likeness (QED) is 0.356. The molecule has 150 valence electrons. The number of benzene rings is 1. The van der Waals surface area contributed by atoms with Crippen molar-refractivity contribution in [1.82, 2.24) is 10.1 Å². The van der Waals surface area contributed by atoms with Crippen LogP contribution >= 0.6 is 11.8 Å². The van der Waals surface area contributed by atoms with Gasteiger partial charge >= 0.3 is 5.97 Å². The van der Waals surface area contributed by atoms with Gasteiger partial charge in [0.25, 0.3) is 5.91 Å². The number of likely N-dealkylation sites (N-methyl/N-ethyl adjacent to an activating group) is 1. The maximum Gasteiger partial charge on any atom is 0.339 e. The zero-order valence-electron chi connectivity index (χ0n) is 16.8. The summed E-state index contributed by atoms with van der Waals surface area (Å²) in [6.07, 6.45) is 0. The maximum atomic E-state index is 12.5. The van der Waals surface area contributed by atoms with Crippen LogP contribution in [0.3, 0.4) is 0 Å². The van der Waals surface area contributed by atoms with Gasteiger partial charge < -0.3 is 14.2 Å². The van der Waals surface area contributed by atoms with Gasteiger partial charge in [-0.1, -0.05) is 29.4 Å². The van der Waals surface area contributed by atoms with Gasteiger partial charge in [-0.05, 0) is 39.8 Å². The summed E-state index contributed by atoms with van der Waals surface area (Å²) in [4.78, 5) is 27.2. The van der Waals surface area contributed by atoms with Crippen molar-refractivity contribution >= 4 is 23.6 Å². The summed E-state index contributed by atoms with van der Waals surface area (Å²) in [5.41, 5.74) is 3.17. The Labute approximate surface area is 169 Å². The van der Waals surface area contributed by atoms with E-state index in [1.54, 1.807) is 17.0 Å². The molecular formula is C21H26N2O4S. The number of rotatable bonds is 9. The minimum atomic E-state index is -0.512. The van der Waals surface area contributed by atoms with Gasteiger partial charge in [0.05, 0.1) is 11.3 Å². The predicted molar refractivity (Wildman–Crippen MR) is 109 cm³/mol. The summed E-state index contributed by atoms with van der Waals surface area (Å²) in [7, 11) is 0. The smallest absolute Gasteiger partial charge is 0.339 e. The van der Waals surface area contributed by atoms with E-state index in [4.69, 9.17) is 9.26 Å².